The molecule has 1 heterocycles. The number of nitrogens with zero attached hydrogens (tertiary/aromatic N) is 1. The molecule has 0 bridgehead atoms. The summed E-state index contributed by atoms with van der Waals surface area (Å²) < 4.78 is 26.9. The summed E-state index contributed by atoms with van der Waals surface area (Å²) in [5.41, 5.74) is 7.54. The maximum Gasteiger partial charge on any atom is 0.243 e. The minimum Gasteiger partial charge on any atom is -0.326 e. The maximum atomic E-state index is 12.6. The molecule has 2 N–H and O–H groups in total. The third-order valence-corrected chi connectivity index (χ3v) is 5.89. The van der Waals surface area contributed by atoms with E-state index in [1.807, 2.05) is 19.9 Å². The van der Waals surface area contributed by atoms with Gasteiger partial charge in [-0.1, -0.05) is 12.5 Å². The van der Waals surface area contributed by atoms with Crippen molar-refractivity contribution in [2.75, 3.05) is 6.54 Å². The van der Waals surface area contributed by atoms with Crippen LogP contribution in [0.15, 0.2) is 23.1 Å². The van der Waals surface area contributed by atoms with Gasteiger partial charge in [-0.2, -0.15) is 4.31 Å². The van der Waals surface area contributed by atoms with Crippen molar-refractivity contribution in [1.82, 2.24) is 4.31 Å². The van der Waals surface area contributed by atoms with Crippen LogP contribution in [0.1, 0.15) is 37.3 Å². The van der Waals surface area contributed by atoms with Gasteiger partial charge in [0.15, 0.2) is 0 Å². The number of rotatable bonds is 3. The van der Waals surface area contributed by atoms with E-state index in [-0.39, 0.29) is 6.04 Å². The molecule has 1 aromatic carbocycles. The van der Waals surface area contributed by atoms with E-state index in [1.54, 1.807) is 16.4 Å². The Kier molecular flexibility index (Phi) is 4.28. The van der Waals surface area contributed by atoms with Crippen molar-refractivity contribution in [1.29, 1.82) is 0 Å². The first kappa shape index (κ1) is 14.5. The molecule has 0 radical (unpaired) electrons. The van der Waals surface area contributed by atoms with Crippen molar-refractivity contribution in [3.8, 4) is 0 Å². The number of aryl methyl sites for hydroxylation is 1. The lowest BCUT2D eigenvalue weighted by Crippen LogP contribution is -2.41. The van der Waals surface area contributed by atoms with E-state index < -0.39 is 10.0 Å². The Morgan fingerprint density at radius 3 is 2.68 bits per heavy atom. The number of benzene rings is 1. The van der Waals surface area contributed by atoms with Gasteiger partial charge in [-0.15, -0.1) is 0 Å². The molecular formula is C14H22N2O2S. The Morgan fingerprint density at radius 1 is 1.37 bits per heavy atom. The van der Waals surface area contributed by atoms with Crippen LogP contribution in [0.4, 0.5) is 0 Å². The summed E-state index contributed by atoms with van der Waals surface area (Å²) in [5, 5.41) is 0. The van der Waals surface area contributed by atoms with Gasteiger partial charge < -0.3 is 5.73 Å². The minimum absolute atomic E-state index is 0.0910. The quantitative estimate of drug-likeness (QED) is 0.922. The Balaban J connectivity index is 2.36. The molecule has 0 aliphatic carbocycles. The Morgan fingerprint density at radius 2 is 2.11 bits per heavy atom. The van der Waals surface area contributed by atoms with Gasteiger partial charge in [0.25, 0.3) is 0 Å². The van der Waals surface area contributed by atoms with Crippen LogP contribution in [0.5, 0.6) is 0 Å². The zero-order valence-electron chi connectivity index (χ0n) is 11.6. The third kappa shape index (κ3) is 2.83. The largest absolute Gasteiger partial charge is 0.326 e. The van der Waals surface area contributed by atoms with Crippen molar-refractivity contribution in [3.05, 3.63) is 29.3 Å². The van der Waals surface area contributed by atoms with Crippen molar-refractivity contribution < 1.29 is 8.42 Å². The van der Waals surface area contributed by atoms with E-state index in [9.17, 15) is 8.42 Å². The number of hydrogen-bond acceptors (Lipinski definition) is 3. The van der Waals surface area contributed by atoms with Crippen LogP contribution in [0.2, 0.25) is 0 Å². The molecule has 1 aliphatic heterocycles. The van der Waals surface area contributed by atoms with Gasteiger partial charge in [-0.3, -0.25) is 0 Å². The Hall–Kier alpha value is -0.910. The Labute approximate surface area is 115 Å². The summed E-state index contributed by atoms with van der Waals surface area (Å²) in [5.74, 6) is 0. The molecule has 0 spiro atoms. The van der Waals surface area contributed by atoms with Gasteiger partial charge in [0, 0.05) is 19.1 Å². The summed E-state index contributed by atoms with van der Waals surface area (Å²) in [6, 6.07) is 5.31. The molecular weight excluding hydrogens is 260 g/mol. The van der Waals surface area contributed by atoms with Crippen LogP contribution < -0.4 is 5.73 Å². The average Bonchev–Trinajstić information content (AvgIpc) is 2.39. The molecule has 4 nitrogen and oxygen atoms in total. The molecule has 2 rings (SSSR count). The molecule has 1 aliphatic rings. The zero-order chi connectivity index (χ0) is 14.0. The summed E-state index contributed by atoms with van der Waals surface area (Å²) in [6.07, 6.45) is 3.00. The molecule has 0 aromatic heterocycles. The van der Waals surface area contributed by atoms with Crippen LogP contribution in [-0.4, -0.2) is 25.3 Å². The summed E-state index contributed by atoms with van der Waals surface area (Å²) in [4.78, 5) is 0.385. The number of nitrogens with two attached hydrogens (primary N) is 1. The first-order valence-electron chi connectivity index (χ1n) is 6.78. The van der Waals surface area contributed by atoms with Crippen molar-refractivity contribution in [2.24, 2.45) is 5.73 Å². The van der Waals surface area contributed by atoms with E-state index in [0.29, 0.717) is 18.0 Å². The van der Waals surface area contributed by atoms with Gasteiger partial charge >= 0.3 is 0 Å². The Bertz CT molecular complexity index is 555. The minimum atomic E-state index is -3.37. The summed E-state index contributed by atoms with van der Waals surface area (Å²) in [7, 11) is -3.37. The van der Waals surface area contributed by atoms with E-state index in [2.05, 4.69) is 0 Å². The van der Waals surface area contributed by atoms with Crippen LogP contribution >= 0.6 is 0 Å². The van der Waals surface area contributed by atoms with Crippen molar-refractivity contribution in [3.63, 3.8) is 0 Å². The first-order chi connectivity index (χ1) is 8.96. The smallest absolute Gasteiger partial charge is 0.243 e. The highest BCUT2D eigenvalue weighted by Crippen LogP contribution is 2.26. The predicted octanol–water partition coefficient (Wildman–Crippen LogP) is 2.02. The lowest BCUT2D eigenvalue weighted by molar-refractivity contribution is 0.268. The third-order valence-electron chi connectivity index (χ3n) is 3.88. The number of sulfonamides is 1. The second kappa shape index (κ2) is 5.61. The van der Waals surface area contributed by atoms with Crippen molar-refractivity contribution in [2.45, 2.75) is 50.6 Å². The van der Waals surface area contributed by atoms with Gasteiger partial charge in [0.1, 0.15) is 0 Å². The highest BCUT2D eigenvalue weighted by Gasteiger charge is 2.30. The normalized spacial score (nSPS) is 21.5. The lowest BCUT2D eigenvalue weighted by Gasteiger charge is -2.32. The molecule has 1 saturated heterocycles. The molecule has 106 valence electrons. The van der Waals surface area contributed by atoms with Gasteiger partial charge in [-0.25, -0.2) is 8.42 Å². The SMILES string of the molecule is Cc1cc(S(=O)(=O)N2CCCCC2C)ccc1CN. The molecule has 1 atom stereocenters. The second-order valence-corrected chi connectivity index (χ2v) is 7.14. The molecule has 1 unspecified atom stereocenters. The fourth-order valence-corrected chi connectivity index (χ4v) is 4.41. The standard InChI is InChI=1S/C14H22N2O2S/c1-11-9-14(7-6-13(11)10-15)19(17,18)16-8-4-3-5-12(16)2/h6-7,9,12H,3-5,8,10,15H2,1-2H3. The summed E-state index contributed by atoms with van der Waals surface area (Å²) >= 11 is 0. The molecule has 1 aromatic rings. The second-order valence-electron chi connectivity index (χ2n) is 5.25. The fraction of sp³-hybridized carbons (Fsp3) is 0.571. The first-order valence-corrected chi connectivity index (χ1v) is 8.22. The summed E-state index contributed by atoms with van der Waals surface area (Å²) in [6.45, 7) is 4.95. The van der Waals surface area contributed by atoms with Crippen LogP contribution in [0.25, 0.3) is 0 Å². The fourth-order valence-electron chi connectivity index (χ4n) is 2.62. The molecule has 1 fully saturated rings. The number of hydrogen-bond donors (Lipinski definition) is 1. The van der Waals surface area contributed by atoms with E-state index in [1.165, 1.54) is 0 Å². The lowest BCUT2D eigenvalue weighted by atomic mass is 10.1. The van der Waals surface area contributed by atoms with Gasteiger partial charge in [-0.05, 0) is 49.9 Å². The maximum absolute atomic E-state index is 12.6. The van der Waals surface area contributed by atoms with Crippen LogP contribution in [0, 0.1) is 6.92 Å². The molecule has 5 heteroatoms. The molecule has 19 heavy (non-hydrogen) atoms. The highest BCUT2D eigenvalue weighted by molar-refractivity contribution is 7.89. The average molecular weight is 282 g/mol. The zero-order valence-corrected chi connectivity index (χ0v) is 12.4. The monoisotopic (exact) mass is 282 g/mol. The highest BCUT2D eigenvalue weighted by atomic mass is 32.2. The van der Waals surface area contributed by atoms with Crippen molar-refractivity contribution >= 4 is 10.0 Å². The van der Waals surface area contributed by atoms with Crippen LogP contribution in [-0.2, 0) is 16.6 Å². The predicted molar refractivity (Wildman–Crippen MR) is 76.3 cm³/mol. The van der Waals surface area contributed by atoms with Gasteiger partial charge in [0.05, 0.1) is 4.90 Å². The van der Waals surface area contributed by atoms with E-state index in [4.69, 9.17) is 5.73 Å². The topological polar surface area (TPSA) is 63.4 Å². The van der Waals surface area contributed by atoms with E-state index in [0.717, 1.165) is 30.4 Å². The number of piperidine rings is 1. The molecule has 0 amide bonds. The molecule has 0 saturated carbocycles. The van der Waals surface area contributed by atoms with Gasteiger partial charge in [0.2, 0.25) is 10.0 Å². The van der Waals surface area contributed by atoms with E-state index >= 15 is 0 Å². The van der Waals surface area contributed by atoms with Crippen LogP contribution in [0.3, 0.4) is 0 Å².